The molecule has 104 valence electrons. The fourth-order valence-corrected chi connectivity index (χ4v) is 1.38. The van der Waals surface area contributed by atoms with Crippen molar-refractivity contribution in [2.24, 2.45) is 5.73 Å². The first-order valence-electron chi connectivity index (χ1n) is 5.77. The van der Waals surface area contributed by atoms with Crippen LogP contribution in [-0.4, -0.2) is 22.7 Å². The van der Waals surface area contributed by atoms with Crippen LogP contribution in [0.5, 0.6) is 5.75 Å². The fourth-order valence-electron chi connectivity index (χ4n) is 1.38. The van der Waals surface area contributed by atoms with Gasteiger partial charge in [-0.05, 0) is 38.5 Å². The largest absolute Gasteiger partial charge is 0.507 e. The maximum absolute atomic E-state index is 11.4. The fraction of sp³-hybridized carbons (Fsp3) is 0.385. The van der Waals surface area contributed by atoms with Crippen molar-refractivity contribution in [1.82, 2.24) is 5.32 Å². The molecule has 1 rings (SSSR count). The van der Waals surface area contributed by atoms with Crippen molar-refractivity contribution in [3.63, 3.8) is 0 Å². The number of primary amides is 1. The van der Waals surface area contributed by atoms with E-state index >= 15 is 0 Å². The smallest absolute Gasteiger partial charge is 0.407 e. The molecule has 0 saturated carbocycles. The maximum atomic E-state index is 11.4. The third-order valence-corrected chi connectivity index (χ3v) is 2.16. The summed E-state index contributed by atoms with van der Waals surface area (Å²) in [4.78, 5) is 22.5. The molecule has 2 amide bonds. The number of nitrogens with two attached hydrogens (primary N) is 1. The molecule has 1 aromatic rings. The van der Waals surface area contributed by atoms with E-state index in [4.69, 9.17) is 10.5 Å². The molecule has 0 unspecified atom stereocenters. The van der Waals surface area contributed by atoms with Gasteiger partial charge in [0, 0.05) is 6.54 Å². The lowest BCUT2D eigenvalue weighted by Crippen LogP contribution is -2.32. The minimum absolute atomic E-state index is 0.0171. The topological polar surface area (TPSA) is 102 Å². The Bertz CT molecular complexity index is 492. The van der Waals surface area contributed by atoms with E-state index < -0.39 is 17.6 Å². The molecule has 0 fully saturated rings. The number of amides is 2. The third kappa shape index (κ3) is 4.87. The average Bonchev–Trinajstić information content (AvgIpc) is 2.25. The van der Waals surface area contributed by atoms with Crippen molar-refractivity contribution < 1.29 is 19.4 Å². The number of carbonyl (C=O) groups is 2. The van der Waals surface area contributed by atoms with Gasteiger partial charge in [-0.3, -0.25) is 4.79 Å². The van der Waals surface area contributed by atoms with Crippen LogP contribution in [0.1, 0.15) is 36.7 Å². The van der Waals surface area contributed by atoms with Crippen LogP contribution in [0.4, 0.5) is 4.79 Å². The van der Waals surface area contributed by atoms with Gasteiger partial charge < -0.3 is 20.9 Å². The van der Waals surface area contributed by atoms with Crippen molar-refractivity contribution in [1.29, 1.82) is 0 Å². The minimum Gasteiger partial charge on any atom is -0.507 e. The van der Waals surface area contributed by atoms with E-state index in [9.17, 15) is 14.7 Å². The highest BCUT2D eigenvalue weighted by Crippen LogP contribution is 2.17. The summed E-state index contributed by atoms with van der Waals surface area (Å²) in [6, 6.07) is 4.36. The Morgan fingerprint density at radius 1 is 1.37 bits per heavy atom. The number of phenols is 1. The molecule has 1 aromatic carbocycles. The number of ether oxygens (including phenoxy) is 1. The number of hydrogen-bond acceptors (Lipinski definition) is 4. The molecule has 0 saturated heterocycles. The lowest BCUT2D eigenvalue weighted by molar-refractivity contribution is 0.0523. The zero-order valence-corrected chi connectivity index (χ0v) is 11.2. The predicted octanol–water partition coefficient (Wildman–Crippen LogP) is 1.52. The van der Waals surface area contributed by atoms with Gasteiger partial charge >= 0.3 is 6.09 Å². The van der Waals surface area contributed by atoms with Crippen LogP contribution in [0.25, 0.3) is 0 Å². The van der Waals surface area contributed by atoms with Crippen LogP contribution in [0, 0.1) is 0 Å². The summed E-state index contributed by atoms with van der Waals surface area (Å²) in [5, 5.41) is 12.0. The summed E-state index contributed by atoms with van der Waals surface area (Å²) in [7, 11) is 0. The number of hydrogen-bond donors (Lipinski definition) is 3. The molecule has 0 aliphatic carbocycles. The number of rotatable bonds is 3. The molecule has 0 spiro atoms. The molecule has 6 nitrogen and oxygen atoms in total. The van der Waals surface area contributed by atoms with Crippen LogP contribution in [0.15, 0.2) is 18.2 Å². The second-order valence-electron chi connectivity index (χ2n) is 5.07. The number of benzene rings is 1. The van der Waals surface area contributed by atoms with Crippen molar-refractivity contribution in [3.8, 4) is 5.75 Å². The highest BCUT2D eigenvalue weighted by atomic mass is 16.6. The molecule has 0 atom stereocenters. The lowest BCUT2D eigenvalue weighted by atomic mass is 10.1. The molecule has 0 aliphatic rings. The monoisotopic (exact) mass is 266 g/mol. The molecule has 0 bridgehead atoms. The third-order valence-electron chi connectivity index (χ3n) is 2.16. The quantitative estimate of drug-likeness (QED) is 0.771. The highest BCUT2D eigenvalue weighted by molar-refractivity contribution is 5.95. The first kappa shape index (κ1) is 14.8. The van der Waals surface area contributed by atoms with Crippen molar-refractivity contribution in [2.45, 2.75) is 32.9 Å². The van der Waals surface area contributed by atoms with E-state index in [0.29, 0.717) is 5.56 Å². The van der Waals surface area contributed by atoms with Crippen LogP contribution in [0.3, 0.4) is 0 Å². The number of alkyl carbamates (subject to hydrolysis) is 1. The number of carbonyl (C=O) groups excluding carboxylic acids is 2. The first-order chi connectivity index (χ1) is 8.69. The Morgan fingerprint density at radius 2 is 2.00 bits per heavy atom. The number of aromatic hydroxyl groups is 1. The highest BCUT2D eigenvalue weighted by Gasteiger charge is 2.16. The Hall–Kier alpha value is -2.24. The van der Waals surface area contributed by atoms with Gasteiger partial charge in [0.15, 0.2) is 0 Å². The molecule has 0 aliphatic heterocycles. The Balaban J connectivity index is 2.66. The molecule has 19 heavy (non-hydrogen) atoms. The van der Waals surface area contributed by atoms with E-state index in [1.165, 1.54) is 12.1 Å². The lowest BCUT2D eigenvalue weighted by Gasteiger charge is -2.19. The van der Waals surface area contributed by atoms with Gasteiger partial charge in [-0.25, -0.2) is 4.79 Å². The van der Waals surface area contributed by atoms with Crippen LogP contribution >= 0.6 is 0 Å². The zero-order chi connectivity index (χ0) is 14.6. The predicted molar refractivity (Wildman–Crippen MR) is 69.7 cm³/mol. The summed E-state index contributed by atoms with van der Waals surface area (Å²) in [6.07, 6.45) is -0.554. The summed E-state index contributed by atoms with van der Waals surface area (Å²) in [5.41, 5.74) is 5.19. The standard InChI is InChI=1S/C13H18N2O4/c1-13(2,3)19-12(18)15-7-8-4-5-10(16)9(6-8)11(14)17/h4-6,16H,7H2,1-3H3,(H2,14,17)(H,15,18). The van der Waals surface area contributed by atoms with Gasteiger partial charge in [0.2, 0.25) is 0 Å². The average molecular weight is 266 g/mol. The normalized spacial score (nSPS) is 10.9. The second kappa shape index (κ2) is 5.60. The van der Waals surface area contributed by atoms with Gasteiger partial charge in [-0.15, -0.1) is 0 Å². The van der Waals surface area contributed by atoms with Crippen LogP contribution < -0.4 is 11.1 Å². The second-order valence-corrected chi connectivity index (χ2v) is 5.07. The van der Waals surface area contributed by atoms with Crippen molar-refractivity contribution in [3.05, 3.63) is 29.3 Å². The molecule has 0 radical (unpaired) electrons. The summed E-state index contributed by atoms with van der Waals surface area (Å²) in [6.45, 7) is 5.46. The van der Waals surface area contributed by atoms with E-state index in [1.54, 1.807) is 26.8 Å². The number of nitrogens with one attached hydrogen (secondary N) is 1. The maximum Gasteiger partial charge on any atom is 0.407 e. The van der Waals surface area contributed by atoms with Crippen LogP contribution in [0.2, 0.25) is 0 Å². The van der Waals surface area contributed by atoms with Gasteiger partial charge in [-0.1, -0.05) is 6.07 Å². The molecule has 6 heteroatoms. The van der Waals surface area contributed by atoms with E-state index in [1.807, 2.05) is 0 Å². The minimum atomic E-state index is -0.725. The van der Waals surface area contributed by atoms with Crippen molar-refractivity contribution >= 4 is 12.0 Å². The molecular weight excluding hydrogens is 248 g/mol. The summed E-state index contributed by atoms with van der Waals surface area (Å²) < 4.78 is 5.07. The zero-order valence-electron chi connectivity index (χ0n) is 11.2. The van der Waals surface area contributed by atoms with Crippen molar-refractivity contribution in [2.75, 3.05) is 0 Å². The Kier molecular flexibility index (Phi) is 4.37. The van der Waals surface area contributed by atoms with Gasteiger partial charge in [0.25, 0.3) is 5.91 Å². The summed E-state index contributed by atoms with van der Waals surface area (Å²) >= 11 is 0. The summed E-state index contributed by atoms with van der Waals surface area (Å²) in [5.74, 6) is -0.912. The van der Waals surface area contributed by atoms with E-state index in [-0.39, 0.29) is 17.9 Å². The van der Waals surface area contributed by atoms with Gasteiger partial charge in [0.1, 0.15) is 11.4 Å². The van der Waals surface area contributed by atoms with E-state index in [2.05, 4.69) is 5.32 Å². The SMILES string of the molecule is CC(C)(C)OC(=O)NCc1ccc(O)c(C(N)=O)c1. The Labute approximate surface area is 111 Å². The van der Waals surface area contributed by atoms with Gasteiger partial charge in [0.05, 0.1) is 5.56 Å². The molecular formula is C13H18N2O4. The van der Waals surface area contributed by atoms with Crippen LogP contribution in [-0.2, 0) is 11.3 Å². The van der Waals surface area contributed by atoms with Gasteiger partial charge in [-0.2, -0.15) is 0 Å². The Morgan fingerprint density at radius 3 is 2.53 bits per heavy atom. The molecule has 0 aromatic heterocycles. The molecule has 0 heterocycles. The van der Waals surface area contributed by atoms with E-state index in [0.717, 1.165) is 0 Å². The molecule has 4 N–H and O–H groups in total. The first-order valence-corrected chi connectivity index (χ1v) is 5.77.